The summed E-state index contributed by atoms with van der Waals surface area (Å²) in [6.45, 7) is 10.7. The van der Waals surface area contributed by atoms with Crippen LogP contribution in [0.4, 0.5) is 0 Å². The van der Waals surface area contributed by atoms with Gasteiger partial charge >= 0.3 is 0 Å². The Morgan fingerprint density at radius 1 is 1.10 bits per heavy atom. The zero-order chi connectivity index (χ0) is 15.5. The van der Waals surface area contributed by atoms with E-state index >= 15 is 0 Å². The number of nitrogens with one attached hydrogen (secondary N) is 1. The molecule has 1 aliphatic heterocycles. The van der Waals surface area contributed by atoms with Crippen LogP contribution in [0.1, 0.15) is 52.9 Å². The molecule has 0 spiro atoms. The minimum Gasteiger partial charge on any atom is -0.384 e. The maximum absolute atomic E-state index is 5.34. The van der Waals surface area contributed by atoms with Crippen molar-refractivity contribution >= 4 is 0 Å². The fourth-order valence-electron chi connectivity index (χ4n) is 4.36. The number of hydrogen-bond donors (Lipinski definition) is 1. The number of methoxy groups -OCH3 is 1. The van der Waals surface area contributed by atoms with Gasteiger partial charge in [-0.15, -0.1) is 0 Å². The minimum absolute atomic E-state index is 0.450. The zero-order valence-electron chi connectivity index (χ0n) is 14.8. The van der Waals surface area contributed by atoms with Crippen molar-refractivity contribution in [3.8, 4) is 0 Å². The second-order valence-electron chi connectivity index (χ2n) is 8.27. The maximum atomic E-state index is 5.34. The lowest BCUT2D eigenvalue weighted by Crippen LogP contribution is -2.55. The van der Waals surface area contributed by atoms with Crippen molar-refractivity contribution in [2.45, 2.75) is 65.0 Å². The first kappa shape index (κ1) is 17.2. The van der Waals surface area contributed by atoms with Gasteiger partial charge in [-0.1, -0.05) is 20.8 Å². The quantitative estimate of drug-likeness (QED) is 0.862. The molecule has 1 N–H and O–H groups in total. The van der Waals surface area contributed by atoms with Crippen LogP contribution >= 0.6 is 0 Å². The molecule has 0 amide bonds. The van der Waals surface area contributed by atoms with Crippen LogP contribution in [0.3, 0.4) is 0 Å². The van der Waals surface area contributed by atoms with Gasteiger partial charge in [0.05, 0.1) is 0 Å². The second kappa shape index (κ2) is 7.43. The monoisotopic (exact) mass is 296 g/mol. The van der Waals surface area contributed by atoms with Crippen LogP contribution in [0, 0.1) is 17.3 Å². The third-order valence-electron chi connectivity index (χ3n) is 5.93. The number of piperidine rings is 1. The molecule has 2 aliphatic rings. The average Bonchev–Trinajstić information content (AvgIpc) is 2.47. The van der Waals surface area contributed by atoms with Crippen molar-refractivity contribution in [2.75, 3.05) is 33.9 Å². The summed E-state index contributed by atoms with van der Waals surface area (Å²) < 4.78 is 5.34. The summed E-state index contributed by atoms with van der Waals surface area (Å²) in [5, 5.41) is 3.59. The zero-order valence-corrected chi connectivity index (χ0v) is 14.8. The predicted octanol–water partition coefficient (Wildman–Crippen LogP) is 3.15. The molecule has 1 aliphatic carbocycles. The highest BCUT2D eigenvalue weighted by molar-refractivity contribution is 4.94. The molecule has 2 rings (SSSR count). The third kappa shape index (κ3) is 4.43. The van der Waals surface area contributed by atoms with E-state index in [9.17, 15) is 0 Å². The molecule has 3 atom stereocenters. The van der Waals surface area contributed by atoms with Gasteiger partial charge < -0.3 is 10.1 Å². The first-order valence-electron chi connectivity index (χ1n) is 8.86. The lowest BCUT2D eigenvalue weighted by atomic mass is 9.69. The lowest BCUT2D eigenvalue weighted by Gasteiger charge is -2.48. The largest absolute Gasteiger partial charge is 0.384 e. The highest BCUT2D eigenvalue weighted by atomic mass is 16.5. The molecule has 21 heavy (non-hydrogen) atoms. The van der Waals surface area contributed by atoms with Crippen LogP contribution in [-0.4, -0.2) is 50.8 Å². The molecule has 0 aromatic heterocycles. The van der Waals surface area contributed by atoms with Gasteiger partial charge in [0.2, 0.25) is 0 Å². The van der Waals surface area contributed by atoms with E-state index in [1.54, 1.807) is 0 Å². The van der Waals surface area contributed by atoms with E-state index in [1.165, 1.54) is 45.2 Å². The van der Waals surface area contributed by atoms with Gasteiger partial charge in [0.15, 0.2) is 0 Å². The summed E-state index contributed by atoms with van der Waals surface area (Å²) in [7, 11) is 3.98. The standard InChI is InChI=1S/C18H36N2O/c1-18(2,3)15-6-7-16(19-4)17(12-15)20-10-8-14(9-11-20)13-21-5/h14-17,19H,6-13H2,1-5H3. The lowest BCUT2D eigenvalue weighted by molar-refractivity contribution is 0.0271. The number of ether oxygens (including phenoxy) is 1. The van der Waals surface area contributed by atoms with E-state index < -0.39 is 0 Å². The molecule has 3 heteroatoms. The van der Waals surface area contributed by atoms with Gasteiger partial charge in [-0.25, -0.2) is 0 Å². The molecule has 1 saturated heterocycles. The molecule has 3 nitrogen and oxygen atoms in total. The third-order valence-corrected chi connectivity index (χ3v) is 5.93. The van der Waals surface area contributed by atoms with Crippen LogP contribution in [0.15, 0.2) is 0 Å². The second-order valence-corrected chi connectivity index (χ2v) is 8.27. The Balaban J connectivity index is 1.95. The molecule has 1 saturated carbocycles. The van der Waals surface area contributed by atoms with Crippen molar-refractivity contribution in [1.29, 1.82) is 0 Å². The van der Waals surface area contributed by atoms with Crippen LogP contribution in [0.5, 0.6) is 0 Å². The summed E-state index contributed by atoms with van der Waals surface area (Å²) in [5.41, 5.74) is 0.450. The van der Waals surface area contributed by atoms with E-state index in [-0.39, 0.29) is 0 Å². The molecular weight excluding hydrogens is 260 g/mol. The molecule has 1 heterocycles. The van der Waals surface area contributed by atoms with E-state index in [2.05, 4.69) is 38.0 Å². The number of hydrogen-bond acceptors (Lipinski definition) is 3. The number of nitrogens with zero attached hydrogens (tertiary/aromatic N) is 1. The van der Waals surface area contributed by atoms with E-state index in [0.717, 1.165) is 24.5 Å². The van der Waals surface area contributed by atoms with E-state index in [0.29, 0.717) is 11.5 Å². The van der Waals surface area contributed by atoms with Gasteiger partial charge in [0, 0.05) is 25.8 Å². The summed E-state index contributed by atoms with van der Waals surface area (Å²) in [5.74, 6) is 1.64. The van der Waals surface area contributed by atoms with Gasteiger partial charge in [0.25, 0.3) is 0 Å². The SMILES string of the molecule is CNC1CCC(C(C)(C)C)CC1N1CCC(COC)CC1. The number of likely N-dealkylation sites (tertiary alicyclic amines) is 1. The summed E-state index contributed by atoms with van der Waals surface area (Å²) in [6, 6.07) is 1.42. The Bertz CT molecular complexity index is 305. The van der Waals surface area contributed by atoms with Crippen LogP contribution in [-0.2, 0) is 4.74 Å². The molecule has 0 bridgehead atoms. The molecule has 3 unspecified atom stereocenters. The average molecular weight is 296 g/mol. The number of likely N-dealkylation sites (N-methyl/N-ethyl adjacent to an activating group) is 1. The molecular formula is C18H36N2O. The molecule has 0 aromatic rings. The summed E-state index contributed by atoms with van der Waals surface area (Å²) in [4.78, 5) is 2.77. The van der Waals surface area contributed by atoms with Crippen molar-refractivity contribution in [3.63, 3.8) is 0 Å². The van der Waals surface area contributed by atoms with Crippen LogP contribution in [0.2, 0.25) is 0 Å². The Kier molecular flexibility index (Phi) is 6.10. The molecule has 124 valence electrons. The Morgan fingerprint density at radius 3 is 2.29 bits per heavy atom. The van der Waals surface area contributed by atoms with Gasteiger partial charge in [-0.05, 0) is 69.5 Å². The van der Waals surface area contributed by atoms with Crippen LogP contribution in [0.25, 0.3) is 0 Å². The first-order chi connectivity index (χ1) is 9.95. The van der Waals surface area contributed by atoms with E-state index in [4.69, 9.17) is 4.74 Å². The Morgan fingerprint density at radius 2 is 1.76 bits per heavy atom. The predicted molar refractivity (Wildman–Crippen MR) is 89.6 cm³/mol. The topological polar surface area (TPSA) is 24.5 Å². The highest BCUT2D eigenvalue weighted by Gasteiger charge is 2.38. The Hall–Kier alpha value is -0.120. The molecule has 0 radical (unpaired) electrons. The minimum atomic E-state index is 0.450. The first-order valence-corrected chi connectivity index (χ1v) is 8.86. The highest BCUT2D eigenvalue weighted by Crippen LogP contribution is 2.40. The van der Waals surface area contributed by atoms with Crippen molar-refractivity contribution in [1.82, 2.24) is 10.2 Å². The fraction of sp³-hybridized carbons (Fsp3) is 1.00. The smallest absolute Gasteiger partial charge is 0.0491 e. The Labute approximate surface area is 131 Å². The maximum Gasteiger partial charge on any atom is 0.0491 e. The molecule has 0 aromatic carbocycles. The van der Waals surface area contributed by atoms with E-state index in [1.807, 2.05) is 7.11 Å². The summed E-state index contributed by atoms with van der Waals surface area (Å²) >= 11 is 0. The molecule has 2 fully saturated rings. The van der Waals surface area contributed by atoms with Crippen molar-refractivity contribution in [3.05, 3.63) is 0 Å². The van der Waals surface area contributed by atoms with Crippen molar-refractivity contribution < 1.29 is 4.74 Å². The van der Waals surface area contributed by atoms with Gasteiger partial charge in [-0.3, -0.25) is 4.90 Å². The van der Waals surface area contributed by atoms with Crippen LogP contribution < -0.4 is 5.32 Å². The number of rotatable bonds is 4. The van der Waals surface area contributed by atoms with Gasteiger partial charge in [-0.2, -0.15) is 0 Å². The normalized spacial score (nSPS) is 33.3. The fourth-order valence-corrected chi connectivity index (χ4v) is 4.36. The summed E-state index contributed by atoms with van der Waals surface area (Å²) in [6.07, 6.45) is 6.69. The van der Waals surface area contributed by atoms with Crippen molar-refractivity contribution in [2.24, 2.45) is 17.3 Å². The van der Waals surface area contributed by atoms with Gasteiger partial charge in [0.1, 0.15) is 0 Å².